The molecule has 0 unspecified atom stereocenters. The standard InChI is InChI=1S/C40H50N8O8S4/c1-9-41-29(49)25(30(50)42(10-2)37(41)57)23(26-31(51)43(11-3)38(58)44(12-4)32(26)52)21-18-17-19-22(20-21)24(27-33(53)45(13-5)39(59)46(14-6)34(27)54)28-35(55)47(15-7)40(60)48(16-8)36(28)56/h17-20,23-28H,9-16H2,1-8H3. The molecule has 1 aromatic carbocycles. The van der Waals surface area contributed by atoms with Gasteiger partial charge in [0.15, 0.2) is 20.4 Å². The van der Waals surface area contributed by atoms with Crippen molar-refractivity contribution in [2.24, 2.45) is 23.7 Å². The van der Waals surface area contributed by atoms with E-state index in [1.54, 1.807) is 55.4 Å². The van der Waals surface area contributed by atoms with Crippen molar-refractivity contribution in [3.8, 4) is 0 Å². The van der Waals surface area contributed by atoms with Gasteiger partial charge in [-0.1, -0.05) is 24.3 Å². The molecule has 5 rings (SSSR count). The van der Waals surface area contributed by atoms with E-state index in [0.717, 1.165) is 0 Å². The Labute approximate surface area is 371 Å². The Kier molecular flexibility index (Phi) is 14.3. The first-order chi connectivity index (χ1) is 28.5. The predicted octanol–water partition coefficient (Wildman–Crippen LogP) is 2.30. The van der Waals surface area contributed by atoms with E-state index in [-0.39, 0.29) is 83.9 Å². The van der Waals surface area contributed by atoms with Crippen LogP contribution in [0.25, 0.3) is 0 Å². The van der Waals surface area contributed by atoms with Crippen molar-refractivity contribution in [1.29, 1.82) is 0 Å². The van der Waals surface area contributed by atoms with Crippen molar-refractivity contribution >= 4 is 117 Å². The molecule has 4 aliphatic rings. The van der Waals surface area contributed by atoms with Crippen LogP contribution in [0.1, 0.15) is 78.4 Å². The Morgan fingerprint density at radius 2 is 0.533 bits per heavy atom. The van der Waals surface area contributed by atoms with E-state index >= 15 is 0 Å². The highest BCUT2D eigenvalue weighted by atomic mass is 32.1. The zero-order valence-electron chi connectivity index (χ0n) is 34.9. The van der Waals surface area contributed by atoms with Crippen LogP contribution >= 0.6 is 48.9 Å². The van der Waals surface area contributed by atoms with Gasteiger partial charge >= 0.3 is 0 Å². The van der Waals surface area contributed by atoms with Gasteiger partial charge in [0.05, 0.1) is 0 Å². The SMILES string of the molecule is CCN1C(=O)C(C(c2cccc(C(C3C(=O)N(CC)C(=S)N(CC)C3=O)C3C(=O)N(CC)C(=S)N(CC)C3=O)c2)C2C(=O)N(CC)C(=S)N(CC)C2=O)C(=O)N(CC)C1=S. The quantitative estimate of drug-likeness (QED) is 0.198. The fraction of sp³-hybridized carbons (Fsp3) is 0.550. The molecule has 322 valence electrons. The molecule has 4 aliphatic heterocycles. The van der Waals surface area contributed by atoms with Crippen molar-refractivity contribution in [1.82, 2.24) is 39.2 Å². The van der Waals surface area contributed by atoms with Crippen LogP contribution in [0.3, 0.4) is 0 Å². The Balaban J connectivity index is 1.85. The average Bonchev–Trinajstić information content (AvgIpc) is 3.21. The van der Waals surface area contributed by atoms with Gasteiger partial charge in [0.25, 0.3) is 0 Å². The van der Waals surface area contributed by atoms with Crippen LogP contribution in [0.4, 0.5) is 0 Å². The van der Waals surface area contributed by atoms with Crippen LogP contribution in [0, 0.1) is 23.7 Å². The van der Waals surface area contributed by atoms with Crippen LogP contribution in [-0.4, -0.2) is 159 Å². The average molecular weight is 899 g/mol. The summed E-state index contributed by atoms with van der Waals surface area (Å²) in [7, 11) is 0. The molecule has 0 N–H and O–H groups in total. The van der Waals surface area contributed by atoms with Crippen molar-refractivity contribution in [3.63, 3.8) is 0 Å². The fourth-order valence-corrected chi connectivity index (χ4v) is 10.5. The third-order valence-corrected chi connectivity index (χ3v) is 13.5. The number of hydrogen-bond donors (Lipinski definition) is 0. The molecule has 0 radical (unpaired) electrons. The van der Waals surface area contributed by atoms with Gasteiger partial charge in [-0.2, -0.15) is 0 Å². The number of nitrogens with zero attached hydrogens (tertiary/aromatic N) is 8. The smallest absolute Gasteiger partial charge is 0.242 e. The van der Waals surface area contributed by atoms with Gasteiger partial charge in [-0.05, 0) is 115 Å². The second-order valence-electron chi connectivity index (χ2n) is 14.4. The molecule has 8 amide bonds. The van der Waals surface area contributed by atoms with Crippen LogP contribution in [-0.2, 0) is 38.4 Å². The van der Waals surface area contributed by atoms with E-state index in [0.29, 0.717) is 0 Å². The normalized spacial score (nSPS) is 20.0. The molecule has 0 saturated carbocycles. The Morgan fingerprint density at radius 3 is 0.683 bits per heavy atom. The monoisotopic (exact) mass is 898 g/mol. The summed E-state index contributed by atoms with van der Waals surface area (Å²) >= 11 is 22.3. The maximum Gasteiger partial charge on any atom is 0.242 e. The van der Waals surface area contributed by atoms with Crippen LogP contribution < -0.4 is 0 Å². The molecule has 0 spiro atoms. The van der Waals surface area contributed by atoms with Crippen molar-refractivity contribution in [2.75, 3.05) is 52.4 Å². The van der Waals surface area contributed by atoms with Crippen LogP contribution in [0.5, 0.6) is 0 Å². The van der Waals surface area contributed by atoms with Gasteiger partial charge in [-0.15, -0.1) is 0 Å². The first-order valence-corrected chi connectivity index (χ1v) is 21.9. The maximum absolute atomic E-state index is 14.6. The Morgan fingerprint density at radius 1 is 0.367 bits per heavy atom. The summed E-state index contributed by atoms with van der Waals surface area (Å²) in [5, 5.41) is -0.0813. The molecule has 4 heterocycles. The van der Waals surface area contributed by atoms with Gasteiger partial charge in [0.1, 0.15) is 23.7 Å². The van der Waals surface area contributed by atoms with Crippen LogP contribution in [0.15, 0.2) is 24.3 Å². The highest BCUT2D eigenvalue weighted by molar-refractivity contribution is 7.80. The summed E-state index contributed by atoms with van der Waals surface area (Å²) in [5.41, 5.74) is 0.264. The molecule has 60 heavy (non-hydrogen) atoms. The number of carbonyl (C=O) groups is 8. The Bertz CT molecular complexity index is 1720. The highest BCUT2D eigenvalue weighted by Gasteiger charge is 2.58. The van der Waals surface area contributed by atoms with Gasteiger partial charge in [0, 0.05) is 64.2 Å². The first kappa shape index (κ1) is 46.4. The lowest BCUT2D eigenvalue weighted by Gasteiger charge is -2.46. The van der Waals surface area contributed by atoms with Crippen molar-refractivity contribution in [2.45, 2.75) is 67.2 Å². The minimum absolute atomic E-state index is 0.0203. The second kappa shape index (κ2) is 18.5. The molecule has 0 bridgehead atoms. The lowest BCUT2D eigenvalue weighted by atomic mass is 9.69. The minimum Gasteiger partial charge on any atom is -0.288 e. The summed E-state index contributed by atoms with van der Waals surface area (Å²) in [6.07, 6.45) is 0. The zero-order valence-corrected chi connectivity index (χ0v) is 38.2. The van der Waals surface area contributed by atoms with E-state index in [4.69, 9.17) is 48.9 Å². The number of rotatable bonds is 14. The number of hydrogen-bond acceptors (Lipinski definition) is 12. The molecule has 20 heteroatoms. The Hall–Kier alpha value is -4.66. The van der Waals surface area contributed by atoms with E-state index in [1.165, 1.54) is 63.5 Å². The third kappa shape index (κ3) is 7.31. The lowest BCUT2D eigenvalue weighted by Crippen LogP contribution is -2.65. The number of amides is 8. The van der Waals surface area contributed by atoms with E-state index in [9.17, 15) is 38.4 Å². The predicted molar refractivity (Wildman–Crippen MR) is 235 cm³/mol. The second-order valence-corrected chi connectivity index (χ2v) is 15.9. The molecule has 4 saturated heterocycles. The molecule has 16 nitrogen and oxygen atoms in total. The lowest BCUT2D eigenvalue weighted by molar-refractivity contribution is -0.156. The number of thiocarbonyl (C=S) groups is 4. The largest absolute Gasteiger partial charge is 0.288 e. The van der Waals surface area contributed by atoms with Gasteiger partial charge < -0.3 is 0 Å². The van der Waals surface area contributed by atoms with E-state index in [2.05, 4.69) is 0 Å². The summed E-state index contributed by atoms with van der Waals surface area (Å²) in [6.45, 7) is 14.1. The van der Waals surface area contributed by atoms with Crippen molar-refractivity contribution in [3.05, 3.63) is 35.4 Å². The molecule has 0 aliphatic carbocycles. The van der Waals surface area contributed by atoms with Crippen molar-refractivity contribution < 1.29 is 38.4 Å². The molecular formula is C40H50N8O8S4. The van der Waals surface area contributed by atoms with Gasteiger partial charge in [0.2, 0.25) is 47.3 Å². The molecule has 0 aromatic heterocycles. The van der Waals surface area contributed by atoms with E-state index in [1.807, 2.05) is 0 Å². The summed E-state index contributed by atoms with van der Waals surface area (Å²) < 4.78 is 0. The van der Waals surface area contributed by atoms with Gasteiger partial charge in [-0.25, -0.2) is 0 Å². The fourth-order valence-electron chi connectivity index (χ4n) is 8.79. The minimum atomic E-state index is -1.66. The van der Waals surface area contributed by atoms with E-state index < -0.39 is 82.8 Å². The maximum atomic E-state index is 14.6. The third-order valence-electron chi connectivity index (χ3n) is 11.8. The zero-order chi connectivity index (χ0) is 44.7. The van der Waals surface area contributed by atoms with Gasteiger partial charge in [-0.3, -0.25) is 77.6 Å². The summed E-state index contributed by atoms with van der Waals surface area (Å²) in [5.74, 6) is -15.4. The molecule has 4 fully saturated rings. The summed E-state index contributed by atoms with van der Waals surface area (Å²) in [6, 6.07) is 6.08. The molecule has 1 aromatic rings. The molecular weight excluding hydrogens is 849 g/mol. The highest BCUT2D eigenvalue weighted by Crippen LogP contribution is 2.45. The number of benzene rings is 1. The summed E-state index contributed by atoms with van der Waals surface area (Å²) in [4.78, 5) is 127. The number of carbonyl (C=O) groups excluding carboxylic acids is 8. The van der Waals surface area contributed by atoms with Crippen LogP contribution in [0.2, 0.25) is 0 Å². The topological polar surface area (TPSA) is 162 Å². The molecule has 0 atom stereocenters. The first-order valence-electron chi connectivity index (χ1n) is 20.3.